The van der Waals surface area contributed by atoms with Crippen LogP contribution < -0.4 is 15.5 Å². The monoisotopic (exact) mass is 259 g/mol. The van der Waals surface area contributed by atoms with Gasteiger partial charge >= 0.3 is 0 Å². The van der Waals surface area contributed by atoms with Gasteiger partial charge in [0.15, 0.2) is 0 Å². The molecule has 0 radical (unpaired) electrons. The molecule has 0 spiro atoms. The van der Waals surface area contributed by atoms with E-state index in [1.54, 1.807) is 0 Å². The van der Waals surface area contributed by atoms with Gasteiger partial charge in [0.25, 0.3) is 0 Å². The van der Waals surface area contributed by atoms with Gasteiger partial charge in [-0.1, -0.05) is 0 Å². The zero-order valence-electron chi connectivity index (χ0n) is 11.8. The molecule has 2 aliphatic heterocycles. The van der Waals surface area contributed by atoms with Gasteiger partial charge in [-0.3, -0.25) is 0 Å². The fourth-order valence-corrected chi connectivity index (χ4v) is 3.29. The lowest BCUT2D eigenvalue weighted by molar-refractivity contribution is 0.573. The minimum absolute atomic E-state index is 0.906. The van der Waals surface area contributed by atoms with Crippen molar-refractivity contribution < 1.29 is 0 Å². The molecular weight excluding hydrogens is 234 g/mol. The Morgan fingerprint density at radius 1 is 0.632 bits per heavy atom. The predicted octanol–water partition coefficient (Wildman–Crippen LogP) is 3.25. The third kappa shape index (κ3) is 2.96. The molecule has 0 amide bonds. The summed E-state index contributed by atoms with van der Waals surface area (Å²) in [5, 5.41) is 0. The van der Waals surface area contributed by atoms with Crippen LogP contribution in [0.1, 0.15) is 38.5 Å². The van der Waals surface area contributed by atoms with Crippen LogP contribution in [0.15, 0.2) is 18.2 Å². The number of benzene rings is 1. The first kappa shape index (κ1) is 12.6. The molecule has 0 aliphatic carbocycles. The SMILES string of the molecule is Nc1cc(N2CCCCC2)cc(N2CCCCC2)c1. The molecule has 1 aromatic carbocycles. The third-order valence-corrected chi connectivity index (χ3v) is 4.37. The van der Waals surface area contributed by atoms with Crippen LogP contribution in [0.4, 0.5) is 17.1 Å². The van der Waals surface area contributed by atoms with Gasteiger partial charge in [-0.15, -0.1) is 0 Å². The summed E-state index contributed by atoms with van der Waals surface area (Å²) in [4.78, 5) is 4.99. The lowest BCUT2D eigenvalue weighted by Gasteiger charge is -2.32. The van der Waals surface area contributed by atoms with E-state index in [1.165, 1.54) is 76.1 Å². The molecule has 19 heavy (non-hydrogen) atoms. The highest BCUT2D eigenvalue weighted by atomic mass is 15.2. The Balaban J connectivity index is 1.82. The minimum atomic E-state index is 0.906. The highest BCUT2D eigenvalue weighted by molar-refractivity contribution is 5.67. The summed E-state index contributed by atoms with van der Waals surface area (Å²) in [5.74, 6) is 0. The van der Waals surface area contributed by atoms with Crippen molar-refractivity contribution in [3.05, 3.63) is 18.2 Å². The first-order valence-electron chi connectivity index (χ1n) is 7.73. The van der Waals surface area contributed by atoms with E-state index in [4.69, 9.17) is 5.73 Å². The van der Waals surface area contributed by atoms with Crippen molar-refractivity contribution >= 4 is 17.1 Å². The topological polar surface area (TPSA) is 32.5 Å². The molecule has 3 rings (SSSR count). The molecule has 0 atom stereocenters. The Hall–Kier alpha value is -1.38. The van der Waals surface area contributed by atoms with Crippen molar-refractivity contribution in [2.45, 2.75) is 38.5 Å². The van der Waals surface area contributed by atoms with Crippen LogP contribution in [0, 0.1) is 0 Å². The maximum Gasteiger partial charge on any atom is 0.0407 e. The number of hydrogen-bond acceptors (Lipinski definition) is 3. The molecule has 2 aliphatic rings. The number of nitrogen functional groups attached to an aromatic ring is 1. The first-order valence-corrected chi connectivity index (χ1v) is 7.73. The van der Waals surface area contributed by atoms with Gasteiger partial charge in [0.05, 0.1) is 0 Å². The van der Waals surface area contributed by atoms with Crippen molar-refractivity contribution in [3.8, 4) is 0 Å². The lowest BCUT2D eigenvalue weighted by Crippen LogP contribution is -2.31. The third-order valence-electron chi connectivity index (χ3n) is 4.37. The Bertz CT molecular complexity index is 382. The second-order valence-corrected chi connectivity index (χ2v) is 5.88. The first-order chi connectivity index (χ1) is 9.33. The second kappa shape index (κ2) is 5.72. The molecule has 0 saturated carbocycles. The Morgan fingerprint density at radius 3 is 1.47 bits per heavy atom. The zero-order chi connectivity index (χ0) is 13.1. The van der Waals surface area contributed by atoms with E-state index in [0.29, 0.717) is 0 Å². The molecule has 2 fully saturated rings. The van der Waals surface area contributed by atoms with Gasteiger partial charge in [0.2, 0.25) is 0 Å². The normalized spacial score (nSPS) is 20.6. The van der Waals surface area contributed by atoms with Crippen LogP contribution in [0.25, 0.3) is 0 Å². The number of piperidine rings is 2. The van der Waals surface area contributed by atoms with Crippen molar-refractivity contribution in [1.82, 2.24) is 0 Å². The summed E-state index contributed by atoms with van der Waals surface area (Å²) in [6.07, 6.45) is 8.00. The summed E-state index contributed by atoms with van der Waals surface area (Å²) < 4.78 is 0. The lowest BCUT2D eigenvalue weighted by atomic mass is 10.1. The van der Waals surface area contributed by atoms with Gasteiger partial charge < -0.3 is 15.5 Å². The maximum absolute atomic E-state index is 6.12. The number of anilines is 3. The van der Waals surface area contributed by atoms with E-state index < -0.39 is 0 Å². The van der Waals surface area contributed by atoms with Gasteiger partial charge in [-0.25, -0.2) is 0 Å². The predicted molar refractivity (Wildman–Crippen MR) is 83.0 cm³/mol. The van der Waals surface area contributed by atoms with Crippen LogP contribution >= 0.6 is 0 Å². The van der Waals surface area contributed by atoms with Crippen LogP contribution in [0.2, 0.25) is 0 Å². The fraction of sp³-hybridized carbons (Fsp3) is 0.625. The summed E-state index contributed by atoms with van der Waals surface area (Å²) >= 11 is 0. The molecule has 2 saturated heterocycles. The molecule has 0 bridgehead atoms. The van der Waals surface area contributed by atoms with E-state index in [2.05, 4.69) is 28.0 Å². The Kier molecular flexibility index (Phi) is 3.81. The standard InChI is InChI=1S/C16H25N3/c17-14-11-15(18-7-3-1-4-8-18)13-16(12-14)19-9-5-2-6-10-19/h11-13H,1-10,17H2. The van der Waals surface area contributed by atoms with Crippen molar-refractivity contribution in [1.29, 1.82) is 0 Å². The molecule has 3 heteroatoms. The van der Waals surface area contributed by atoms with E-state index >= 15 is 0 Å². The number of rotatable bonds is 2. The average molecular weight is 259 g/mol. The van der Waals surface area contributed by atoms with E-state index in [-0.39, 0.29) is 0 Å². The fourth-order valence-electron chi connectivity index (χ4n) is 3.29. The van der Waals surface area contributed by atoms with Crippen LogP contribution in [0.3, 0.4) is 0 Å². The number of hydrogen-bond donors (Lipinski definition) is 1. The smallest absolute Gasteiger partial charge is 0.0407 e. The van der Waals surface area contributed by atoms with Crippen molar-refractivity contribution in [2.75, 3.05) is 41.7 Å². The number of nitrogens with zero attached hydrogens (tertiary/aromatic N) is 2. The average Bonchev–Trinajstić information content (AvgIpc) is 2.48. The highest BCUT2D eigenvalue weighted by Gasteiger charge is 2.15. The quantitative estimate of drug-likeness (QED) is 0.828. The van der Waals surface area contributed by atoms with E-state index in [9.17, 15) is 0 Å². The minimum Gasteiger partial charge on any atom is -0.399 e. The van der Waals surface area contributed by atoms with Crippen LogP contribution in [-0.2, 0) is 0 Å². The summed E-state index contributed by atoms with van der Waals surface area (Å²) in [6.45, 7) is 4.73. The van der Waals surface area contributed by atoms with Crippen molar-refractivity contribution in [3.63, 3.8) is 0 Å². The molecule has 1 aromatic rings. The second-order valence-electron chi connectivity index (χ2n) is 5.88. The Morgan fingerprint density at radius 2 is 1.05 bits per heavy atom. The van der Waals surface area contributed by atoms with E-state index in [1.807, 2.05) is 0 Å². The molecule has 3 nitrogen and oxygen atoms in total. The molecule has 2 heterocycles. The van der Waals surface area contributed by atoms with Gasteiger partial charge in [-0.05, 0) is 56.7 Å². The number of nitrogens with two attached hydrogens (primary N) is 1. The summed E-state index contributed by atoms with van der Waals surface area (Å²) in [6, 6.07) is 6.62. The largest absolute Gasteiger partial charge is 0.399 e. The summed E-state index contributed by atoms with van der Waals surface area (Å²) in [7, 11) is 0. The summed E-state index contributed by atoms with van der Waals surface area (Å²) in [5.41, 5.74) is 9.66. The molecule has 0 aromatic heterocycles. The zero-order valence-corrected chi connectivity index (χ0v) is 11.8. The van der Waals surface area contributed by atoms with Crippen LogP contribution in [-0.4, -0.2) is 26.2 Å². The Labute approximate surface area is 116 Å². The molecule has 0 unspecified atom stereocenters. The molecular formula is C16H25N3. The van der Waals surface area contributed by atoms with Gasteiger partial charge in [0.1, 0.15) is 0 Å². The van der Waals surface area contributed by atoms with Crippen LogP contribution in [0.5, 0.6) is 0 Å². The van der Waals surface area contributed by atoms with Crippen molar-refractivity contribution in [2.24, 2.45) is 0 Å². The maximum atomic E-state index is 6.12. The van der Waals surface area contributed by atoms with Gasteiger partial charge in [-0.2, -0.15) is 0 Å². The molecule has 2 N–H and O–H groups in total. The molecule has 104 valence electrons. The highest BCUT2D eigenvalue weighted by Crippen LogP contribution is 2.30. The van der Waals surface area contributed by atoms with E-state index in [0.717, 1.165) is 5.69 Å². The van der Waals surface area contributed by atoms with Gasteiger partial charge in [0, 0.05) is 43.2 Å².